The number of carbonyl (C=O) groups excluding carboxylic acids is 1. The summed E-state index contributed by atoms with van der Waals surface area (Å²) < 4.78 is 0. The van der Waals surface area contributed by atoms with Crippen LogP contribution in [-0.4, -0.2) is 26.0 Å². The Kier molecular flexibility index (Phi) is 14.0. The first kappa shape index (κ1) is 17.4. The Labute approximate surface area is 113 Å². The summed E-state index contributed by atoms with van der Waals surface area (Å²) in [7, 11) is 2.02. The van der Waals surface area contributed by atoms with Crippen molar-refractivity contribution in [1.82, 2.24) is 10.6 Å². The summed E-state index contributed by atoms with van der Waals surface area (Å²) in [6.45, 7) is 3.91. The molecular formula is C15H32N2O. The maximum atomic E-state index is 11.0. The molecule has 0 aliphatic rings. The highest BCUT2D eigenvalue weighted by atomic mass is 16.1. The van der Waals surface area contributed by atoms with Gasteiger partial charge in [-0.1, -0.05) is 51.9 Å². The molecule has 0 radical (unpaired) electrons. The van der Waals surface area contributed by atoms with Gasteiger partial charge in [0.05, 0.1) is 0 Å². The minimum atomic E-state index is 0.177. The lowest BCUT2D eigenvalue weighted by Gasteiger charge is -2.04. The molecular weight excluding hydrogens is 224 g/mol. The topological polar surface area (TPSA) is 41.1 Å². The normalized spacial score (nSPS) is 10.6. The fourth-order valence-corrected chi connectivity index (χ4v) is 2.02. The predicted octanol–water partition coefficient (Wildman–Crippen LogP) is 3.24. The van der Waals surface area contributed by atoms with Gasteiger partial charge in [0.15, 0.2) is 0 Å². The number of carbonyl (C=O) groups is 1. The lowest BCUT2D eigenvalue weighted by molar-refractivity contribution is -0.120. The van der Waals surface area contributed by atoms with Crippen molar-refractivity contribution in [2.45, 2.75) is 71.1 Å². The Balaban J connectivity index is 2.97. The van der Waals surface area contributed by atoms with Crippen molar-refractivity contribution in [3.8, 4) is 0 Å². The molecule has 3 nitrogen and oxygen atoms in total. The second kappa shape index (κ2) is 14.5. The van der Waals surface area contributed by atoms with Gasteiger partial charge in [-0.25, -0.2) is 0 Å². The molecule has 0 rings (SSSR count). The maximum Gasteiger partial charge on any atom is 0.219 e. The van der Waals surface area contributed by atoms with E-state index in [0.717, 1.165) is 19.5 Å². The van der Waals surface area contributed by atoms with E-state index in [2.05, 4.69) is 10.6 Å². The average molecular weight is 256 g/mol. The quantitative estimate of drug-likeness (QED) is 0.497. The molecule has 0 aromatic heterocycles. The van der Waals surface area contributed by atoms with E-state index in [1.165, 1.54) is 51.4 Å². The van der Waals surface area contributed by atoms with E-state index in [0.29, 0.717) is 6.42 Å². The molecule has 0 aromatic carbocycles. The first-order valence-corrected chi connectivity index (χ1v) is 7.72. The molecule has 0 saturated carbocycles. The summed E-state index contributed by atoms with van der Waals surface area (Å²) in [5.74, 6) is 0.177. The third-order valence-corrected chi connectivity index (χ3v) is 3.25. The van der Waals surface area contributed by atoms with E-state index in [9.17, 15) is 4.79 Å². The lowest BCUT2D eigenvalue weighted by atomic mass is 10.1. The van der Waals surface area contributed by atoms with E-state index < -0.39 is 0 Å². The number of amides is 1. The summed E-state index contributed by atoms with van der Waals surface area (Å²) in [6.07, 6.45) is 12.5. The minimum Gasteiger partial charge on any atom is -0.356 e. The van der Waals surface area contributed by atoms with E-state index in [1.54, 1.807) is 0 Å². The Bertz CT molecular complexity index is 183. The van der Waals surface area contributed by atoms with Crippen LogP contribution in [0.1, 0.15) is 71.1 Å². The molecule has 0 atom stereocenters. The van der Waals surface area contributed by atoms with E-state index in [4.69, 9.17) is 0 Å². The molecule has 3 heteroatoms. The summed E-state index contributed by atoms with van der Waals surface area (Å²) >= 11 is 0. The molecule has 108 valence electrons. The maximum absolute atomic E-state index is 11.0. The lowest BCUT2D eigenvalue weighted by Crippen LogP contribution is -2.23. The van der Waals surface area contributed by atoms with Crippen LogP contribution < -0.4 is 10.6 Å². The second-order valence-corrected chi connectivity index (χ2v) is 4.99. The predicted molar refractivity (Wildman–Crippen MR) is 78.8 cm³/mol. The second-order valence-electron chi connectivity index (χ2n) is 4.99. The highest BCUT2D eigenvalue weighted by Gasteiger charge is 1.95. The standard InChI is InChI=1S/C15H32N2O/c1-3-15(18)17-14-12-10-8-6-4-5-7-9-11-13-16-2/h16H,3-14H2,1-2H3,(H,17,18). The number of hydrogen-bond acceptors (Lipinski definition) is 2. The molecule has 0 saturated heterocycles. The average Bonchev–Trinajstić information content (AvgIpc) is 2.39. The molecule has 0 heterocycles. The fourth-order valence-electron chi connectivity index (χ4n) is 2.02. The van der Waals surface area contributed by atoms with Crippen molar-refractivity contribution in [3.05, 3.63) is 0 Å². The molecule has 2 N–H and O–H groups in total. The van der Waals surface area contributed by atoms with Gasteiger partial charge in [-0.3, -0.25) is 4.79 Å². The zero-order chi connectivity index (χ0) is 13.5. The molecule has 0 bridgehead atoms. The molecule has 0 unspecified atom stereocenters. The molecule has 1 amide bonds. The van der Waals surface area contributed by atoms with Gasteiger partial charge < -0.3 is 10.6 Å². The molecule has 0 aromatic rings. The first-order chi connectivity index (χ1) is 8.81. The van der Waals surface area contributed by atoms with Crippen molar-refractivity contribution >= 4 is 5.91 Å². The summed E-state index contributed by atoms with van der Waals surface area (Å²) in [4.78, 5) is 11.0. The van der Waals surface area contributed by atoms with Crippen LogP contribution in [0.4, 0.5) is 0 Å². The van der Waals surface area contributed by atoms with Crippen molar-refractivity contribution in [2.24, 2.45) is 0 Å². The van der Waals surface area contributed by atoms with Crippen molar-refractivity contribution in [2.75, 3.05) is 20.1 Å². The van der Waals surface area contributed by atoms with Gasteiger partial charge in [-0.15, -0.1) is 0 Å². The number of hydrogen-bond donors (Lipinski definition) is 2. The van der Waals surface area contributed by atoms with Crippen LogP contribution in [0.2, 0.25) is 0 Å². The summed E-state index contributed by atoms with van der Waals surface area (Å²) in [5, 5.41) is 6.10. The van der Waals surface area contributed by atoms with Crippen LogP contribution in [0, 0.1) is 0 Å². The Morgan fingerprint density at radius 3 is 1.67 bits per heavy atom. The fraction of sp³-hybridized carbons (Fsp3) is 0.933. The van der Waals surface area contributed by atoms with Crippen LogP contribution in [0.15, 0.2) is 0 Å². The third-order valence-electron chi connectivity index (χ3n) is 3.25. The molecule has 0 aliphatic heterocycles. The van der Waals surface area contributed by atoms with E-state index >= 15 is 0 Å². The van der Waals surface area contributed by atoms with Gasteiger partial charge in [-0.2, -0.15) is 0 Å². The van der Waals surface area contributed by atoms with Gasteiger partial charge in [0.25, 0.3) is 0 Å². The number of unbranched alkanes of at least 4 members (excludes halogenated alkanes) is 8. The largest absolute Gasteiger partial charge is 0.356 e. The van der Waals surface area contributed by atoms with Crippen molar-refractivity contribution < 1.29 is 4.79 Å². The van der Waals surface area contributed by atoms with Gasteiger partial charge >= 0.3 is 0 Å². The Hall–Kier alpha value is -0.570. The minimum absolute atomic E-state index is 0.177. The summed E-state index contributed by atoms with van der Waals surface area (Å²) in [5.41, 5.74) is 0. The van der Waals surface area contributed by atoms with E-state index in [1.807, 2.05) is 14.0 Å². The van der Waals surface area contributed by atoms with Gasteiger partial charge in [0, 0.05) is 13.0 Å². The Morgan fingerprint density at radius 2 is 1.22 bits per heavy atom. The van der Waals surface area contributed by atoms with E-state index in [-0.39, 0.29) is 5.91 Å². The number of rotatable bonds is 13. The molecule has 0 spiro atoms. The highest BCUT2D eigenvalue weighted by Crippen LogP contribution is 2.09. The monoisotopic (exact) mass is 256 g/mol. The van der Waals surface area contributed by atoms with Gasteiger partial charge in [0.1, 0.15) is 0 Å². The van der Waals surface area contributed by atoms with Crippen LogP contribution in [0.5, 0.6) is 0 Å². The van der Waals surface area contributed by atoms with Crippen molar-refractivity contribution in [3.63, 3.8) is 0 Å². The van der Waals surface area contributed by atoms with Crippen LogP contribution in [-0.2, 0) is 4.79 Å². The SMILES string of the molecule is CCC(=O)NCCCCCCCCCCCNC. The van der Waals surface area contributed by atoms with Gasteiger partial charge in [-0.05, 0) is 26.4 Å². The Morgan fingerprint density at radius 1 is 0.778 bits per heavy atom. The van der Waals surface area contributed by atoms with Gasteiger partial charge in [0.2, 0.25) is 5.91 Å². The summed E-state index contributed by atoms with van der Waals surface area (Å²) in [6, 6.07) is 0. The molecule has 0 fully saturated rings. The number of nitrogens with one attached hydrogen (secondary N) is 2. The smallest absolute Gasteiger partial charge is 0.219 e. The van der Waals surface area contributed by atoms with Crippen LogP contribution >= 0.6 is 0 Å². The zero-order valence-corrected chi connectivity index (χ0v) is 12.4. The first-order valence-electron chi connectivity index (χ1n) is 7.72. The molecule has 0 aliphatic carbocycles. The third kappa shape index (κ3) is 13.5. The van der Waals surface area contributed by atoms with Crippen LogP contribution in [0.25, 0.3) is 0 Å². The van der Waals surface area contributed by atoms with Crippen LogP contribution in [0.3, 0.4) is 0 Å². The molecule has 18 heavy (non-hydrogen) atoms. The van der Waals surface area contributed by atoms with Crippen molar-refractivity contribution in [1.29, 1.82) is 0 Å². The highest BCUT2D eigenvalue weighted by molar-refractivity contribution is 5.75. The zero-order valence-electron chi connectivity index (χ0n) is 12.4.